The molecule has 0 spiro atoms. The van der Waals surface area contributed by atoms with E-state index in [1.54, 1.807) is 25.3 Å². The van der Waals surface area contributed by atoms with Gasteiger partial charge in [0.25, 0.3) is 0 Å². The molecule has 2 aromatic rings. The Hall–Kier alpha value is -2.36. The van der Waals surface area contributed by atoms with E-state index in [2.05, 4.69) is 5.32 Å². The number of carbonyl (C=O) groups excluding carboxylic acids is 1. The normalized spacial score (nSPS) is 11.1. The monoisotopic (exact) mass is 301 g/mol. The largest absolute Gasteiger partial charge is 0.497 e. The van der Waals surface area contributed by atoms with Crippen molar-refractivity contribution in [2.45, 2.75) is 25.8 Å². The standard InChI is InChI=1S/C18H20FNO2/c1-18(2,14-8-10-15(22-3)11-9-14)17(21)20-12-13-6-4-5-7-16(13)19/h4-11H,12H2,1-3H3,(H,20,21). The van der Waals surface area contributed by atoms with Crippen molar-refractivity contribution < 1.29 is 13.9 Å². The number of ether oxygens (including phenoxy) is 1. The van der Waals surface area contributed by atoms with Crippen LogP contribution in [0.2, 0.25) is 0 Å². The van der Waals surface area contributed by atoms with Crippen LogP contribution in [0.25, 0.3) is 0 Å². The average molecular weight is 301 g/mol. The van der Waals surface area contributed by atoms with Gasteiger partial charge in [0.1, 0.15) is 11.6 Å². The molecular weight excluding hydrogens is 281 g/mol. The molecule has 2 aromatic carbocycles. The van der Waals surface area contributed by atoms with E-state index < -0.39 is 5.41 Å². The zero-order valence-electron chi connectivity index (χ0n) is 13.0. The maximum Gasteiger partial charge on any atom is 0.230 e. The summed E-state index contributed by atoms with van der Waals surface area (Å²) >= 11 is 0. The minimum Gasteiger partial charge on any atom is -0.497 e. The second-order valence-electron chi connectivity index (χ2n) is 5.63. The van der Waals surface area contributed by atoms with Gasteiger partial charge in [-0.25, -0.2) is 4.39 Å². The van der Waals surface area contributed by atoms with Crippen molar-refractivity contribution in [1.29, 1.82) is 0 Å². The lowest BCUT2D eigenvalue weighted by Gasteiger charge is -2.24. The Morgan fingerprint density at radius 3 is 2.36 bits per heavy atom. The lowest BCUT2D eigenvalue weighted by Crippen LogP contribution is -2.39. The minimum absolute atomic E-state index is 0.152. The van der Waals surface area contributed by atoms with Crippen LogP contribution < -0.4 is 10.1 Å². The van der Waals surface area contributed by atoms with Gasteiger partial charge in [-0.1, -0.05) is 30.3 Å². The van der Waals surface area contributed by atoms with Gasteiger partial charge in [-0.2, -0.15) is 0 Å². The minimum atomic E-state index is -0.711. The Morgan fingerprint density at radius 2 is 1.77 bits per heavy atom. The predicted octanol–water partition coefficient (Wildman–Crippen LogP) is 3.43. The number of benzene rings is 2. The fourth-order valence-electron chi connectivity index (χ4n) is 2.18. The molecule has 3 nitrogen and oxygen atoms in total. The van der Waals surface area contributed by atoms with Gasteiger partial charge in [-0.15, -0.1) is 0 Å². The topological polar surface area (TPSA) is 38.3 Å². The first kappa shape index (κ1) is 16.0. The van der Waals surface area contributed by atoms with Crippen LogP contribution in [0.4, 0.5) is 4.39 Å². The quantitative estimate of drug-likeness (QED) is 0.919. The Bertz CT molecular complexity index is 650. The van der Waals surface area contributed by atoms with Crippen molar-refractivity contribution >= 4 is 5.91 Å². The zero-order valence-corrected chi connectivity index (χ0v) is 13.0. The summed E-state index contributed by atoms with van der Waals surface area (Å²) in [6, 6.07) is 13.8. The van der Waals surface area contributed by atoms with E-state index in [-0.39, 0.29) is 18.3 Å². The number of hydrogen-bond donors (Lipinski definition) is 1. The zero-order chi connectivity index (χ0) is 16.2. The third kappa shape index (κ3) is 3.45. The molecule has 1 N–H and O–H groups in total. The summed E-state index contributed by atoms with van der Waals surface area (Å²) in [5, 5.41) is 2.80. The highest BCUT2D eigenvalue weighted by molar-refractivity contribution is 5.87. The Morgan fingerprint density at radius 1 is 1.14 bits per heavy atom. The summed E-state index contributed by atoms with van der Waals surface area (Å²) in [7, 11) is 1.60. The van der Waals surface area contributed by atoms with Crippen molar-refractivity contribution in [3.8, 4) is 5.75 Å². The number of carbonyl (C=O) groups is 1. The Labute approximate surface area is 130 Å². The van der Waals surface area contributed by atoms with E-state index in [4.69, 9.17) is 4.74 Å². The smallest absolute Gasteiger partial charge is 0.230 e. The molecule has 0 radical (unpaired) electrons. The molecule has 0 saturated heterocycles. The molecule has 0 aliphatic heterocycles. The molecule has 2 rings (SSSR count). The van der Waals surface area contributed by atoms with Gasteiger partial charge in [-0.05, 0) is 37.6 Å². The fraction of sp³-hybridized carbons (Fsp3) is 0.278. The van der Waals surface area contributed by atoms with Crippen molar-refractivity contribution in [3.05, 3.63) is 65.5 Å². The first-order chi connectivity index (χ1) is 10.4. The van der Waals surface area contributed by atoms with Crippen LogP contribution in [0, 0.1) is 5.82 Å². The summed E-state index contributed by atoms with van der Waals surface area (Å²) in [6.07, 6.45) is 0. The second kappa shape index (κ2) is 6.60. The molecule has 0 aliphatic rings. The molecule has 0 bridgehead atoms. The lowest BCUT2D eigenvalue weighted by molar-refractivity contribution is -0.125. The number of halogens is 1. The Balaban J connectivity index is 2.08. The highest BCUT2D eigenvalue weighted by Gasteiger charge is 2.29. The highest BCUT2D eigenvalue weighted by atomic mass is 19.1. The van der Waals surface area contributed by atoms with Crippen molar-refractivity contribution in [3.63, 3.8) is 0 Å². The lowest BCUT2D eigenvalue weighted by atomic mass is 9.83. The predicted molar refractivity (Wildman–Crippen MR) is 84.3 cm³/mol. The molecule has 0 heterocycles. The summed E-state index contributed by atoms with van der Waals surface area (Å²) in [5.74, 6) is 0.275. The van der Waals surface area contributed by atoms with Gasteiger partial charge < -0.3 is 10.1 Å². The Kier molecular flexibility index (Phi) is 4.81. The number of hydrogen-bond acceptors (Lipinski definition) is 2. The second-order valence-corrected chi connectivity index (χ2v) is 5.63. The number of rotatable bonds is 5. The van der Waals surface area contributed by atoms with Gasteiger partial charge in [0.15, 0.2) is 0 Å². The van der Waals surface area contributed by atoms with Crippen molar-refractivity contribution in [1.82, 2.24) is 5.32 Å². The SMILES string of the molecule is COc1ccc(C(C)(C)C(=O)NCc2ccccc2F)cc1. The molecule has 0 aliphatic carbocycles. The summed E-state index contributed by atoms with van der Waals surface area (Å²) in [4.78, 5) is 12.4. The molecule has 0 fully saturated rings. The fourth-order valence-corrected chi connectivity index (χ4v) is 2.18. The first-order valence-corrected chi connectivity index (χ1v) is 7.11. The molecule has 0 saturated carbocycles. The van der Waals surface area contributed by atoms with Gasteiger partial charge >= 0.3 is 0 Å². The molecule has 22 heavy (non-hydrogen) atoms. The van der Waals surface area contributed by atoms with Crippen LogP contribution >= 0.6 is 0 Å². The van der Waals surface area contributed by atoms with Gasteiger partial charge in [0.05, 0.1) is 12.5 Å². The van der Waals surface area contributed by atoms with E-state index in [0.29, 0.717) is 5.56 Å². The molecule has 0 unspecified atom stereocenters. The summed E-state index contributed by atoms with van der Waals surface area (Å²) in [6.45, 7) is 3.85. The summed E-state index contributed by atoms with van der Waals surface area (Å²) < 4.78 is 18.7. The van der Waals surface area contributed by atoms with E-state index >= 15 is 0 Å². The highest BCUT2D eigenvalue weighted by Crippen LogP contribution is 2.25. The third-order valence-electron chi connectivity index (χ3n) is 3.78. The van der Waals surface area contributed by atoms with Gasteiger partial charge in [-0.3, -0.25) is 4.79 Å². The van der Waals surface area contributed by atoms with Crippen LogP contribution in [0.15, 0.2) is 48.5 Å². The van der Waals surface area contributed by atoms with Crippen molar-refractivity contribution in [2.24, 2.45) is 0 Å². The van der Waals surface area contributed by atoms with Crippen molar-refractivity contribution in [2.75, 3.05) is 7.11 Å². The van der Waals surface area contributed by atoms with E-state index in [1.165, 1.54) is 6.07 Å². The van der Waals surface area contributed by atoms with Crippen LogP contribution in [0.3, 0.4) is 0 Å². The van der Waals surface area contributed by atoms with E-state index in [1.807, 2.05) is 38.1 Å². The van der Waals surface area contributed by atoms with E-state index in [9.17, 15) is 9.18 Å². The maximum absolute atomic E-state index is 13.6. The number of nitrogens with one attached hydrogen (secondary N) is 1. The van der Waals surface area contributed by atoms with Crippen LogP contribution in [-0.4, -0.2) is 13.0 Å². The van der Waals surface area contributed by atoms with Crippen LogP contribution in [0.1, 0.15) is 25.0 Å². The van der Waals surface area contributed by atoms with E-state index in [0.717, 1.165) is 11.3 Å². The maximum atomic E-state index is 13.6. The molecule has 4 heteroatoms. The number of methoxy groups -OCH3 is 1. The number of amides is 1. The molecule has 0 aromatic heterocycles. The van der Waals surface area contributed by atoms with Gasteiger partial charge in [0.2, 0.25) is 5.91 Å². The molecule has 116 valence electrons. The molecule has 1 amide bonds. The van der Waals surface area contributed by atoms with Crippen LogP contribution in [-0.2, 0) is 16.8 Å². The average Bonchev–Trinajstić information content (AvgIpc) is 2.53. The first-order valence-electron chi connectivity index (χ1n) is 7.11. The van der Waals surface area contributed by atoms with Crippen LogP contribution in [0.5, 0.6) is 5.75 Å². The molecule has 0 atom stereocenters. The summed E-state index contributed by atoms with van der Waals surface area (Å²) in [5.41, 5.74) is 0.637. The third-order valence-corrected chi connectivity index (χ3v) is 3.78. The van der Waals surface area contributed by atoms with Gasteiger partial charge in [0, 0.05) is 12.1 Å². The molecular formula is C18H20FNO2.